The number of sulfonamides is 1. The maximum atomic E-state index is 12.7. The van der Waals surface area contributed by atoms with Gasteiger partial charge >= 0.3 is 0 Å². The van der Waals surface area contributed by atoms with E-state index in [1.165, 1.54) is 0 Å². The van der Waals surface area contributed by atoms with Crippen LogP contribution in [-0.4, -0.2) is 41.9 Å². The Balaban J connectivity index is 1.43. The highest BCUT2D eigenvalue weighted by Gasteiger charge is 2.25. The van der Waals surface area contributed by atoms with Gasteiger partial charge in [0.2, 0.25) is 10.0 Å². The fourth-order valence-electron chi connectivity index (χ4n) is 3.60. The third-order valence-corrected chi connectivity index (χ3v) is 7.18. The second-order valence-electron chi connectivity index (χ2n) is 7.41. The molecule has 1 saturated heterocycles. The number of rotatable bonds is 5. The molecule has 3 aromatic rings. The zero-order valence-electron chi connectivity index (χ0n) is 16.3. The van der Waals surface area contributed by atoms with Crippen molar-refractivity contribution in [1.29, 1.82) is 0 Å². The molecule has 1 aliphatic rings. The third kappa shape index (κ3) is 4.04. The summed E-state index contributed by atoms with van der Waals surface area (Å²) >= 11 is 0. The van der Waals surface area contributed by atoms with Gasteiger partial charge in [-0.3, -0.25) is 9.89 Å². The third-order valence-electron chi connectivity index (χ3n) is 5.26. The van der Waals surface area contributed by atoms with Crippen molar-refractivity contribution in [2.75, 3.05) is 13.1 Å². The molecule has 2 N–H and O–H groups in total. The predicted molar refractivity (Wildman–Crippen MR) is 111 cm³/mol. The van der Waals surface area contributed by atoms with Gasteiger partial charge in [-0.05, 0) is 49.6 Å². The molecule has 0 bridgehead atoms. The van der Waals surface area contributed by atoms with E-state index < -0.39 is 10.0 Å². The molecular weight excluding hydrogens is 388 g/mol. The first-order valence-electron chi connectivity index (χ1n) is 9.77. The number of nitrogens with zero attached hydrogens (tertiary/aromatic N) is 2. The number of aromatic nitrogens is 2. The van der Waals surface area contributed by atoms with Gasteiger partial charge in [0, 0.05) is 25.0 Å². The van der Waals surface area contributed by atoms with Gasteiger partial charge in [-0.25, -0.2) is 8.42 Å². The number of amides is 1. The summed E-state index contributed by atoms with van der Waals surface area (Å²) in [5, 5.41) is 10.6. The van der Waals surface area contributed by atoms with Crippen molar-refractivity contribution in [2.24, 2.45) is 0 Å². The lowest BCUT2D eigenvalue weighted by atomic mass is 10.1. The predicted octanol–water partition coefficient (Wildman–Crippen LogP) is 2.98. The molecule has 8 heteroatoms. The van der Waals surface area contributed by atoms with Crippen molar-refractivity contribution >= 4 is 26.8 Å². The van der Waals surface area contributed by atoms with E-state index in [1.807, 2.05) is 25.1 Å². The standard InChI is InChI=1S/C21H24N4O3S/c1-15-5-10-19-18(13-15)20(24-23-19)21(26)22-14-16-6-8-17(9-7-16)29(27,28)25-11-3-2-4-12-25/h5-10,13H,2-4,11-12,14H2,1H3,(H,22,26)(H,23,24). The van der Waals surface area contributed by atoms with E-state index in [-0.39, 0.29) is 5.91 Å². The molecule has 2 aromatic carbocycles. The van der Waals surface area contributed by atoms with Crippen LogP contribution >= 0.6 is 0 Å². The Morgan fingerprint density at radius 1 is 1.10 bits per heavy atom. The van der Waals surface area contributed by atoms with Gasteiger partial charge < -0.3 is 5.32 Å². The molecule has 1 aromatic heterocycles. The van der Waals surface area contributed by atoms with Crippen LogP contribution in [0.25, 0.3) is 10.9 Å². The van der Waals surface area contributed by atoms with Crippen LogP contribution in [0.2, 0.25) is 0 Å². The summed E-state index contributed by atoms with van der Waals surface area (Å²) in [6, 6.07) is 12.5. The first-order chi connectivity index (χ1) is 13.9. The van der Waals surface area contributed by atoms with Crippen LogP contribution in [0, 0.1) is 6.92 Å². The SMILES string of the molecule is Cc1ccc2[nH]nc(C(=O)NCc3ccc(S(=O)(=O)N4CCCCC4)cc3)c2c1. The minimum atomic E-state index is -3.44. The number of H-pyrrole nitrogens is 1. The number of benzene rings is 2. The Morgan fingerprint density at radius 3 is 2.55 bits per heavy atom. The molecule has 0 spiro atoms. The smallest absolute Gasteiger partial charge is 0.272 e. The van der Waals surface area contributed by atoms with Crippen LogP contribution < -0.4 is 5.32 Å². The number of hydrogen-bond acceptors (Lipinski definition) is 4. The number of fused-ring (bicyclic) bond motifs is 1. The second-order valence-corrected chi connectivity index (χ2v) is 9.35. The lowest BCUT2D eigenvalue weighted by Crippen LogP contribution is -2.35. The summed E-state index contributed by atoms with van der Waals surface area (Å²) < 4.78 is 27.0. The molecule has 0 unspecified atom stereocenters. The normalized spacial score (nSPS) is 15.5. The van der Waals surface area contributed by atoms with Gasteiger partial charge in [-0.1, -0.05) is 30.2 Å². The first kappa shape index (κ1) is 19.6. The molecular formula is C21H24N4O3S. The van der Waals surface area contributed by atoms with Crippen molar-refractivity contribution in [1.82, 2.24) is 19.8 Å². The maximum absolute atomic E-state index is 12.7. The molecule has 1 fully saturated rings. The molecule has 0 radical (unpaired) electrons. The van der Waals surface area contributed by atoms with Crippen LogP contribution in [0.1, 0.15) is 40.9 Å². The van der Waals surface area contributed by atoms with Crippen molar-refractivity contribution < 1.29 is 13.2 Å². The fraction of sp³-hybridized carbons (Fsp3) is 0.333. The van der Waals surface area contributed by atoms with Crippen molar-refractivity contribution in [3.05, 3.63) is 59.3 Å². The van der Waals surface area contributed by atoms with Crippen LogP contribution in [0.3, 0.4) is 0 Å². The van der Waals surface area contributed by atoms with E-state index in [1.54, 1.807) is 28.6 Å². The summed E-state index contributed by atoms with van der Waals surface area (Å²) in [5.41, 5.74) is 3.05. The summed E-state index contributed by atoms with van der Waals surface area (Å²) in [6.07, 6.45) is 2.89. The Kier molecular flexibility index (Phi) is 5.38. The van der Waals surface area contributed by atoms with Crippen LogP contribution in [-0.2, 0) is 16.6 Å². The maximum Gasteiger partial charge on any atom is 0.272 e. The van der Waals surface area contributed by atoms with E-state index in [0.29, 0.717) is 30.2 Å². The fourth-order valence-corrected chi connectivity index (χ4v) is 5.12. The van der Waals surface area contributed by atoms with Gasteiger partial charge in [0.25, 0.3) is 5.91 Å². The number of carbonyl (C=O) groups excluding carboxylic acids is 1. The zero-order chi connectivity index (χ0) is 20.4. The monoisotopic (exact) mass is 412 g/mol. The number of piperidine rings is 1. The molecule has 4 rings (SSSR count). The summed E-state index contributed by atoms with van der Waals surface area (Å²) in [4.78, 5) is 12.8. The lowest BCUT2D eigenvalue weighted by molar-refractivity contribution is 0.0947. The summed E-state index contributed by atoms with van der Waals surface area (Å²) in [6.45, 7) is 3.42. The Hall–Kier alpha value is -2.71. The molecule has 152 valence electrons. The number of aryl methyl sites for hydroxylation is 1. The lowest BCUT2D eigenvalue weighted by Gasteiger charge is -2.25. The molecule has 0 aliphatic carbocycles. The molecule has 29 heavy (non-hydrogen) atoms. The number of nitrogens with one attached hydrogen (secondary N) is 2. The highest BCUT2D eigenvalue weighted by atomic mass is 32.2. The van der Waals surface area contributed by atoms with Gasteiger partial charge in [0.15, 0.2) is 5.69 Å². The van der Waals surface area contributed by atoms with E-state index in [9.17, 15) is 13.2 Å². The Bertz CT molecular complexity index is 1130. The Morgan fingerprint density at radius 2 is 1.83 bits per heavy atom. The minimum absolute atomic E-state index is 0.271. The van der Waals surface area contributed by atoms with E-state index >= 15 is 0 Å². The summed E-state index contributed by atoms with van der Waals surface area (Å²) in [7, 11) is -3.44. The van der Waals surface area contributed by atoms with Gasteiger partial charge in [-0.15, -0.1) is 0 Å². The number of aromatic amines is 1. The molecule has 0 saturated carbocycles. The molecule has 1 amide bonds. The Labute approximate surface area is 170 Å². The topological polar surface area (TPSA) is 95.2 Å². The zero-order valence-corrected chi connectivity index (χ0v) is 17.1. The number of hydrogen-bond donors (Lipinski definition) is 2. The van der Waals surface area contributed by atoms with E-state index in [2.05, 4.69) is 15.5 Å². The molecule has 0 atom stereocenters. The van der Waals surface area contributed by atoms with Crippen LogP contribution in [0.5, 0.6) is 0 Å². The molecule has 2 heterocycles. The highest BCUT2D eigenvalue weighted by molar-refractivity contribution is 7.89. The van der Waals surface area contributed by atoms with Crippen LogP contribution in [0.4, 0.5) is 0 Å². The quantitative estimate of drug-likeness (QED) is 0.673. The van der Waals surface area contributed by atoms with E-state index in [4.69, 9.17) is 0 Å². The average molecular weight is 413 g/mol. The van der Waals surface area contributed by atoms with Gasteiger partial charge in [0.1, 0.15) is 0 Å². The van der Waals surface area contributed by atoms with Crippen molar-refractivity contribution in [3.63, 3.8) is 0 Å². The van der Waals surface area contributed by atoms with Crippen LogP contribution in [0.15, 0.2) is 47.4 Å². The van der Waals surface area contributed by atoms with E-state index in [0.717, 1.165) is 41.3 Å². The molecule has 1 aliphatic heterocycles. The summed E-state index contributed by atoms with van der Waals surface area (Å²) in [5.74, 6) is -0.271. The molecule has 7 nitrogen and oxygen atoms in total. The van der Waals surface area contributed by atoms with Gasteiger partial charge in [-0.2, -0.15) is 9.40 Å². The average Bonchev–Trinajstić information content (AvgIpc) is 3.16. The minimum Gasteiger partial charge on any atom is -0.347 e. The number of carbonyl (C=O) groups is 1. The highest BCUT2D eigenvalue weighted by Crippen LogP contribution is 2.21. The van der Waals surface area contributed by atoms with Crippen molar-refractivity contribution in [2.45, 2.75) is 37.6 Å². The van der Waals surface area contributed by atoms with Crippen molar-refractivity contribution in [3.8, 4) is 0 Å². The first-order valence-corrected chi connectivity index (χ1v) is 11.2. The largest absolute Gasteiger partial charge is 0.347 e. The van der Waals surface area contributed by atoms with Gasteiger partial charge in [0.05, 0.1) is 10.4 Å². The second kappa shape index (κ2) is 7.96.